The number of likely N-dealkylation sites (tertiary alicyclic amines) is 1. The summed E-state index contributed by atoms with van der Waals surface area (Å²) in [7, 11) is 0. The van der Waals surface area contributed by atoms with Crippen molar-refractivity contribution in [3.05, 3.63) is 46.7 Å². The highest BCUT2D eigenvalue weighted by atomic mass is 32.1. The van der Waals surface area contributed by atoms with Crippen molar-refractivity contribution in [3.8, 4) is 0 Å². The number of amides is 2. The Bertz CT molecular complexity index is 886. The van der Waals surface area contributed by atoms with E-state index in [1.54, 1.807) is 17.9 Å². The summed E-state index contributed by atoms with van der Waals surface area (Å²) in [6.45, 7) is 2.87. The van der Waals surface area contributed by atoms with E-state index in [9.17, 15) is 18.8 Å². The highest BCUT2D eigenvalue weighted by Gasteiger charge is 2.30. The standard InChI is InChI=1S/C19H20FN3O4S/c1-2-27-18(26)12-6-5-9-23(10-12)17(25)15-11-28-19(21-15)22-16(24)13-7-3-4-8-14(13)20/h3-4,7-8,11-12H,2,5-6,9-10H2,1H3,(H,21,22,24). The molecule has 3 rings (SSSR count). The molecule has 28 heavy (non-hydrogen) atoms. The topological polar surface area (TPSA) is 88.6 Å². The molecule has 1 fully saturated rings. The lowest BCUT2D eigenvalue weighted by Gasteiger charge is -2.31. The van der Waals surface area contributed by atoms with Crippen LogP contribution in [0, 0.1) is 11.7 Å². The Labute approximate surface area is 165 Å². The maximum Gasteiger partial charge on any atom is 0.310 e. The van der Waals surface area contributed by atoms with Crippen molar-refractivity contribution in [2.45, 2.75) is 19.8 Å². The summed E-state index contributed by atoms with van der Waals surface area (Å²) in [4.78, 5) is 42.5. The van der Waals surface area contributed by atoms with Crippen molar-refractivity contribution in [1.29, 1.82) is 0 Å². The number of hydrogen-bond acceptors (Lipinski definition) is 6. The molecule has 1 unspecified atom stereocenters. The van der Waals surface area contributed by atoms with Gasteiger partial charge in [-0.15, -0.1) is 11.3 Å². The number of ether oxygens (including phenoxy) is 1. The normalized spacial score (nSPS) is 16.5. The van der Waals surface area contributed by atoms with Crippen LogP contribution in [-0.4, -0.2) is 47.4 Å². The second kappa shape index (κ2) is 8.92. The lowest BCUT2D eigenvalue weighted by atomic mass is 9.98. The molecule has 1 aromatic carbocycles. The average Bonchev–Trinajstić information content (AvgIpc) is 3.16. The third-order valence-corrected chi connectivity index (χ3v) is 5.15. The van der Waals surface area contributed by atoms with E-state index in [0.717, 1.165) is 11.3 Å². The van der Waals surface area contributed by atoms with Crippen molar-refractivity contribution >= 4 is 34.3 Å². The molecule has 9 heteroatoms. The van der Waals surface area contributed by atoms with Gasteiger partial charge in [-0.25, -0.2) is 9.37 Å². The zero-order chi connectivity index (χ0) is 20.1. The van der Waals surface area contributed by atoms with Crippen molar-refractivity contribution in [2.24, 2.45) is 5.92 Å². The van der Waals surface area contributed by atoms with Crippen LogP contribution in [0.4, 0.5) is 9.52 Å². The van der Waals surface area contributed by atoms with Crippen LogP contribution in [0.2, 0.25) is 0 Å². The molecule has 1 aromatic heterocycles. The van der Waals surface area contributed by atoms with Crippen LogP contribution >= 0.6 is 11.3 Å². The van der Waals surface area contributed by atoms with Gasteiger partial charge in [0, 0.05) is 18.5 Å². The van der Waals surface area contributed by atoms with Crippen molar-refractivity contribution in [2.75, 3.05) is 25.0 Å². The summed E-state index contributed by atoms with van der Waals surface area (Å²) in [6, 6.07) is 5.62. The first-order chi connectivity index (χ1) is 13.5. The number of piperidine rings is 1. The SMILES string of the molecule is CCOC(=O)C1CCCN(C(=O)c2csc(NC(=O)c3ccccc3F)n2)C1. The van der Waals surface area contributed by atoms with Crippen LogP contribution in [-0.2, 0) is 9.53 Å². The highest BCUT2D eigenvalue weighted by molar-refractivity contribution is 7.14. The van der Waals surface area contributed by atoms with Crippen LogP contribution in [0.25, 0.3) is 0 Å². The number of nitrogens with one attached hydrogen (secondary N) is 1. The minimum atomic E-state index is -0.633. The van der Waals surface area contributed by atoms with Crippen LogP contribution < -0.4 is 5.32 Å². The zero-order valence-electron chi connectivity index (χ0n) is 15.3. The molecule has 1 atom stereocenters. The number of esters is 1. The summed E-state index contributed by atoms with van der Waals surface area (Å²) in [6.07, 6.45) is 1.39. The van der Waals surface area contributed by atoms with Gasteiger partial charge in [0.25, 0.3) is 11.8 Å². The fraction of sp³-hybridized carbons (Fsp3) is 0.368. The van der Waals surface area contributed by atoms with Crippen LogP contribution in [0.5, 0.6) is 0 Å². The molecule has 2 amide bonds. The zero-order valence-corrected chi connectivity index (χ0v) is 16.1. The van der Waals surface area contributed by atoms with Crippen LogP contribution in [0.15, 0.2) is 29.6 Å². The second-order valence-corrected chi connectivity index (χ2v) is 7.17. The molecular formula is C19H20FN3O4S. The first-order valence-corrected chi connectivity index (χ1v) is 9.85. The monoisotopic (exact) mass is 405 g/mol. The van der Waals surface area contributed by atoms with Gasteiger partial charge >= 0.3 is 5.97 Å². The fourth-order valence-corrected chi connectivity index (χ4v) is 3.69. The molecule has 148 valence electrons. The van der Waals surface area contributed by atoms with Gasteiger partial charge in [0.05, 0.1) is 18.1 Å². The molecule has 0 radical (unpaired) electrons. The minimum absolute atomic E-state index is 0.0983. The average molecular weight is 405 g/mol. The van der Waals surface area contributed by atoms with Crippen LogP contribution in [0.3, 0.4) is 0 Å². The Kier molecular flexibility index (Phi) is 6.35. The van der Waals surface area contributed by atoms with Crippen LogP contribution in [0.1, 0.15) is 40.6 Å². The molecule has 0 spiro atoms. The maximum atomic E-state index is 13.7. The molecule has 0 aliphatic carbocycles. The maximum absolute atomic E-state index is 13.7. The van der Waals surface area contributed by atoms with Gasteiger partial charge in [-0.1, -0.05) is 12.1 Å². The Morgan fingerprint density at radius 3 is 2.89 bits per heavy atom. The first kappa shape index (κ1) is 19.9. The predicted octanol–water partition coefficient (Wildman–Crippen LogP) is 2.95. The third-order valence-electron chi connectivity index (χ3n) is 4.39. The number of rotatable bonds is 5. The number of anilines is 1. The Hall–Kier alpha value is -2.81. The number of aromatic nitrogens is 1. The molecule has 1 aliphatic rings. The van der Waals surface area contributed by atoms with Crippen molar-refractivity contribution in [3.63, 3.8) is 0 Å². The summed E-state index contributed by atoms with van der Waals surface area (Å²) >= 11 is 1.08. The Morgan fingerprint density at radius 2 is 2.14 bits per heavy atom. The van der Waals surface area contributed by atoms with E-state index < -0.39 is 11.7 Å². The largest absolute Gasteiger partial charge is 0.466 e. The first-order valence-electron chi connectivity index (χ1n) is 8.97. The summed E-state index contributed by atoms with van der Waals surface area (Å²) < 4.78 is 18.7. The minimum Gasteiger partial charge on any atom is -0.466 e. The number of thiazole rings is 1. The van der Waals surface area contributed by atoms with E-state index in [0.29, 0.717) is 26.0 Å². The quantitative estimate of drug-likeness (QED) is 0.773. The molecular weight excluding hydrogens is 385 g/mol. The molecule has 1 N–H and O–H groups in total. The van der Waals surface area contributed by atoms with Gasteiger partial charge < -0.3 is 9.64 Å². The lowest BCUT2D eigenvalue weighted by Crippen LogP contribution is -2.43. The van der Waals surface area contributed by atoms with Gasteiger partial charge in [0.2, 0.25) is 0 Å². The molecule has 0 saturated carbocycles. The lowest BCUT2D eigenvalue weighted by molar-refractivity contribution is -0.149. The summed E-state index contributed by atoms with van der Waals surface area (Å²) in [5, 5.41) is 4.24. The Morgan fingerprint density at radius 1 is 1.36 bits per heavy atom. The highest BCUT2D eigenvalue weighted by Crippen LogP contribution is 2.22. The summed E-state index contributed by atoms with van der Waals surface area (Å²) in [5.74, 6) is -2.21. The van der Waals surface area contributed by atoms with E-state index in [-0.39, 0.29) is 40.7 Å². The van der Waals surface area contributed by atoms with Gasteiger partial charge in [-0.2, -0.15) is 0 Å². The molecule has 2 aromatic rings. The third kappa shape index (κ3) is 4.53. The number of carbonyl (C=O) groups excluding carboxylic acids is 3. The number of halogens is 1. The van der Waals surface area contributed by atoms with Gasteiger partial charge in [0.1, 0.15) is 11.5 Å². The van der Waals surface area contributed by atoms with Gasteiger partial charge in [0.15, 0.2) is 5.13 Å². The molecule has 2 heterocycles. The Balaban J connectivity index is 1.64. The predicted molar refractivity (Wildman–Crippen MR) is 102 cm³/mol. The second-order valence-electron chi connectivity index (χ2n) is 6.31. The van der Waals surface area contributed by atoms with Gasteiger partial charge in [-0.05, 0) is 31.9 Å². The molecule has 7 nitrogen and oxygen atoms in total. The molecule has 1 saturated heterocycles. The smallest absolute Gasteiger partial charge is 0.310 e. The van der Waals surface area contributed by atoms with Gasteiger partial charge in [-0.3, -0.25) is 19.7 Å². The van der Waals surface area contributed by atoms with Crippen molar-refractivity contribution < 1.29 is 23.5 Å². The number of hydrogen-bond donors (Lipinski definition) is 1. The van der Waals surface area contributed by atoms with E-state index in [1.165, 1.54) is 23.6 Å². The molecule has 1 aliphatic heterocycles. The summed E-state index contributed by atoms with van der Waals surface area (Å²) in [5.41, 5.74) is 0.0808. The van der Waals surface area contributed by atoms with E-state index >= 15 is 0 Å². The van der Waals surface area contributed by atoms with E-state index in [4.69, 9.17) is 4.74 Å². The number of benzene rings is 1. The molecule has 0 bridgehead atoms. The fourth-order valence-electron chi connectivity index (χ4n) is 3.02. The van der Waals surface area contributed by atoms with E-state index in [2.05, 4.69) is 10.3 Å². The van der Waals surface area contributed by atoms with E-state index in [1.807, 2.05) is 0 Å². The number of nitrogens with zero attached hydrogens (tertiary/aromatic N) is 2. The number of carbonyl (C=O) groups is 3. The van der Waals surface area contributed by atoms with Crippen molar-refractivity contribution in [1.82, 2.24) is 9.88 Å².